The second kappa shape index (κ2) is 5.46. The second-order valence-electron chi connectivity index (χ2n) is 3.90. The van der Waals surface area contributed by atoms with Crippen LogP contribution < -0.4 is 10.5 Å². The van der Waals surface area contributed by atoms with Crippen LogP contribution in [0, 0.1) is 6.92 Å². The Morgan fingerprint density at radius 2 is 2.21 bits per heavy atom. The largest absolute Gasteiger partial charge is 0.378 e. The number of hydrogen-bond donors (Lipinski definition) is 2. The number of primary sulfonamides is 1. The monoisotopic (exact) mass is 317 g/mol. The Hall–Kier alpha value is -1.15. The van der Waals surface area contributed by atoms with E-state index in [1.54, 1.807) is 11.3 Å². The molecule has 1 heterocycles. The molecule has 0 atom stereocenters. The van der Waals surface area contributed by atoms with Crippen molar-refractivity contribution >= 4 is 38.6 Å². The molecule has 1 aromatic heterocycles. The van der Waals surface area contributed by atoms with Crippen molar-refractivity contribution in [1.29, 1.82) is 0 Å². The number of thiazole rings is 1. The molecular formula is C11H12ClN3O2S2. The third kappa shape index (κ3) is 3.66. The van der Waals surface area contributed by atoms with Gasteiger partial charge in [-0.15, -0.1) is 11.3 Å². The zero-order valence-corrected chi connectivity index (χ0v) is 12.4. The van der Waals surface area contributed by atoms with Crippen LogP contribution in [0.1, 0.15) is 10.7 Å². The highest BCUT2D eigenvalue weighted by atomic mass is 35.5. The van der Waals surface area contributed by atoms with Gasteiger partial charge >= 0.3 is 0 Å². The molecule has 2 aromatic rings. The van der Waals surface area contributed by atoms with Gasteiger partial charge in [0.05, 0.1) is 32.9 Å². The summed E-state index contributed by atoms with van der Waals surface area (Å²) < 4.78 is 22.5. The second-order valence-corrected chi connectivity index (χ2v) is 6.93. The summed E-state index contributed by atoms with van der Waals surface area (Å²) in [5.41, 5.74) is 1.39. The summed E-state index contributed by atoms with van der Waals surface area (Å²) in [7, 11) is -3.73. The molecule has 0 saturated carbocycles. The minimum atomic E-state index is -3.73. The molecule has 0 amide bonds. The number of nitrogens with one attached hydrogen (secondary N) is 1. The molecule has 19 heavy (non-hydrogen) atoms. The van der Waals surface area contributed by atoms with Crippen molar-refractivity contribution in [3.8, 4) is 0 Å². The Morgan fingerprint density at radius 3 is 2.79 bits per heavy atom. The molecule has 0 aliphatic carbocycles. The number of benzene rings is 1. The fourth-order valence-electron chi connectivity index (χ4n) is 1.49. The quantitative estimate of drug-likeness (QED) is 0.906. The van der Waals surface area contributed by atoms with E-state index in [1.165, 1.54) is 18.2 Å². The first-order chi connectivity index (χ1) is 8.86. The average molecular weight is 318 g/mol. The Labute approximate surface area is 120 Å². The minimum Gasteiger partial charge on any atom is -0.378 e. The Kier molecular flexibility index (Phi) is 4.10. The zero-order valence-electron chi connectivity index (χ0n) is 10.1. The van der Waals surface area contributed by atoms with Crippen molar-refractivity contribution < 1.29 is 8.42 Å². The summed E-state index contributed by atoms with van der Waals surface area (Å²) in [5, 5.41) is 11.5. The maximum atomic E-state index is 11.3. The summed E-state index contributed by atoms with van der Waals surface area (Å²) >= 11 is 7.55. The molecule has 5 nitrogen and oxygen atoms in total. The highest BCUT2D eigenvalue weighted by Crippen LogP contribution is 2.25. The molecular weight excluding hydrogens is 306 g/mol. The average Bonchev–Trinajstić information content (AvgIpc) is 2.72. The van der Waals surface area contributed by atoms with Gasteiger partial charge < -0.3 is 5.32 Å². The normalized spacial score (nSPS) is 11.5. The summed E-state index contributed by atoms with van der Waals surface area (Å²) in [5.74, 6) is 0. The predicted molar refractivity (Wildman–Crippen MR) is 77.0 cm³/mol. The summed E-state index contributed by atoms with van der Waals surface area (Å²) in [6.07, 6.45) is 0. The van der Waals surface area contributed by atoms with Crippen LogP contribution in [-0.4, -0.2) is 13.4 Å². The van der Waals surface area contributed by atoms with Crippen molar-refractivity contribution in [2.45, 2.75) is 18.4 Å². The van der Waals surface area contributed by atoms with Crippen LogP contribution in [-0.2, 0) is 16.6 Å². The highest BCUT2D eigenvalue weighted by Gasteiger charge is 2.11. The third-order valence-electron chi connectivity index (χ3n) is 2.39. The minimum absolute atomic E-state index is 0.0221. The topological polar surface area (TPSA) is 85.1 Å². The number of anilines is 1. The lowest BCUT2D eigenvalue weighted by Gasteiger charge is -2.08. The number of halogens is 1. The van der Waals surface area contributed by atoms with E-state index < -0.39 is 10.0 Å². The first kappa shape index (κ1) is 14.3. The van der Waals surface area contributed by atoms with Gasteiger partial charge in [-0.25, -0.2) is 18.5 Å². The van der Waals surface area contributed by atoms with Crippen molar-refractivity contribution in [2.24, 2.45) is 5.14 Å². The van der Waals surface area contributed by atoms with Gasteiger partial charge in [0.25, 0.3) is 0 Å². The molecule has 0 aliphatic rings. The van der Waals surface area contributed by atoms with E-state index in [-0.39, 0.29) is 4.90 Å². The summed E-state index contributed by atoms with van der Waals surface area (Å²) in [4.78, 5) is 4.32. The van der Waals surface area contributed by atoms with Gasteiger partial charge in [0, 0.05) is 5.38 Å². The van der Waals surface area contributed by atoms with Crippen LogP contribution in [0.15, 0.2) is 28.5 Å². The van der Waals surface area contributed by atoms with Gasteiger partial charge in [-0.1, -0.05) is 11.6 Å². The van der Waals surface area contributed by atoms with Crippen LogP contribution in [0.5, 0.6) is 0 Å². The lowest BCUT2D eigenvalue weighted by Crippen LogP contribution is -2.12. The van der Waals surface area contributed by atoms with Crippen LogP contribution in [0.3, 0.4) is 0 Å². The molecule has 3 N–H and O–H groups in total. The summed E-state index contributed by atoms with van der Waals surface area (Å²) in [6, 6.07) is 4.28. The number of sulfonamides is 1. The SMILES string of the molecule is Cc1nc(CNc2cc(S(N)(=O)=O)ccc2Cl)cs1. The smallest absolute Gasteiger partial charge is 0.238 e. The molecule has 0 radical (unpaired) electrons. The van der Waals surface area contributed by atoms with Gasteiger partial charge in [-0.3, -0.25) is 0 Å². The van der Waals surface area contributed by atoms with E-state index >= 15 is 0 Å². The Balaban J connectivity index is 2.20. The van der Waals surface area contributed by atoms with E-state index in [2.05, 4.69) is 10.3 Å². The zero-order chi connectivity index (χ0) is 14.0. The van der Waals surface area contributed by atoms with E-state index in [0.717, 1.165) is 10.7 Å². The number of rotatable bonds is 4. The molecule has 102 valence electrons. The molecule has 0 saturated heterocycles. The fraction of sp³-hybridized carbons (Fsp3) is 0.182. The van der Waals surface area contributed by atoms with Gasteiger partial charge in [-0.2, -0.15) is 0 Å². The molecule has 2 rings (SSSR count). The van der Waals surface area contributed by atoms with Crippen LogP contribution in [0.4, 0.5) is 5.69 Å². The van der Waals surface area contributed by atoms with E-state index in [4.69, 9.17) is 16.7 Å². The molecule has 0 unspecified atom stereocenters. The molecule has 0 spiro atoms. The van der Waals surface area contributed by atoms with Gasteiger partial charge in [0.15, 0.2) is 0 Å². The maximum Gasteiger partial charge on any atom is 0.238 e. The van der Waals surface area contributed by atoms with E-state index in [0.29, 0.717) is 17.3 Å². The lowest BCUT2D eigenvalue weighted by molar-refractivity contribution is 0.598. The van der Waals surface area contributed by atoms with Crippen LogP contribution >= 0.6 is 22.9 Å². The first-order valence-corrected chi connectivity index (χ1v) is 8.14. The number of nitrogens with two attached hydrogens (primary N) is 1. The summed E-state index contributed by atoms with van der Waals surface area (Å²) in [6.45, 7) is 2.39. The highest BCUT2D eigenvalue weighted by molar-refractivity contribution is 7.89. The third-order valence-corrected chi connectivity index (χ3v) is 4.46. The van der Waals surface area contributed by atoms with E-state index in [1.807, 2.05) is 12.3 Å². The fourth-order valence-corrected chi connectivity index (χ4v) is 2.83. The first-order valence-electron chi connectivity index (χ1n) is 5.33. The molecule has 8 heteroatoms. The van der Waals surface area contributed by atoms with Crippen molar-refractivity contribution in [3.63, 3.8) is 0 Å². The number of aromatic nitrogens is 1. The van der Waals surface area contributed by atoms with Crippen molar-refractivity contribution in [2.75, 3.05) is 5.32 Å². The lowest BCUT2D eigenvalue weighted by atomic mass is 10.3. The van der Waals surface area contributed by atoms with Crippen molar-refractivity contribution in [1.82, 2.24) is 4.98 Å². The van der Waals surface area contributed by atoms with Crippen molar-refractivity contribution in [3.05, 3.63) is 39.3 Å². The maximum absolute atomic E-state index is 11.3. The molecule has 0 aliphatic heterocycles. The Morgan fingerprint density at radius 1 is 1.47 bits per heavy atom. The number of nitrogens with zero attached hydrogens (tertiary/aromatic N) is 1. The Bertz CT molecular complexity index is 698. The van der Waals surface area contributed by atoms with Crippen LogP contribution in [0.2, 0.25) is 5.02 Å². The van der Waals surface area contributed by atoms with Gasteiger partial charge in [0.2, 0.25) is 10.0 Å². The number of aryl methyl sites for hydroxylation is 1. The standard InChI is InChI=1S/C11H12ClN3O2S2/c1-7-15-8(6-18-7)5-14-11-4-9(19(13,16)17)2-3-10(11)12/h2-4,6,14H,5H2,1H3,(H2,13,16,17). The number of hydrogen-bond acceptors (Lipinski definition) is 5. The van der Waals surface area contributed by atoms with Gasteiger partial charge in [0.1, 0.15) is 0 Å². The molecule has 0 fully saturated rings. The van der Waals surface area contributed by atoms with Gasteiger partial charge in [-0.05, 0) is 25.1 Å². The van der Waals surface area contributed by atoms with Crippen LogP contribution in [0.25, 0.3) is 0 Å². The molecule has 1 aromatic carbocycles. The molecule has 0 bridgehead atoms. The predicted octanol–water partition coefficient (Wildman–Crippen LogP) is 2.36. The van der Waals surface area contributed by atoms with E-state index in [9.17, 15) is 8.42 Å².